The monoisotopic (exact) mass is 501 g/mol. The van der Waals surface area contributed by atoms with Crippen molar-refractivity contribution in [1.82, 2.24) is 9.88 Å². The maximum atomic E-state index is 13.5. The predicted octanol–water partition coefficient (Wildman–Crippen LogP) is 3.44. The Balaban J connectivity index is 1.59. The quantitative estimate of drug-likeness (QED) is 0.220. The number of pyridine rings is 1. The summed E-state index contributed by atoms with van der Waals surface area (Å²) in [4.78, 5) is 19.8. The van der Waals surface area contributed by atoms with E-state index in [-0.39, 0.29) is 29.3 Å². The van der Waals surface area contributed by atoms with E-state index in [0.717, 1.165) is 19.3 Å². The van der Waals surface area contributed by atoms with Crippen molar-refractivity contribution in [1.29, 1.82) is 10.8 Å². The molecular weight excluding hydrogens is 470 g/mol. The van der Waals surface area contributed by atoms with Gasteiger partial charge in [0.25, 0.3) is 5.91 Å². The number of carbonyl (C=O) groups excluding carboxylic acids is 1. The van der Waals surface area contributed by atoms with Crippen LogP contribution in [0.4, 0.5) is 0 Å². The Kier molecular flexibility index (Phi) is 7.99. The van der Waals surface area contributed by atoms with Gasteiger partial charge < -0.3 is 31.6 Å². The number of likely N-dealkylation sites (tertiary alicyclic amines) is 1. The van der Waals surface area contributed by atoms with Gasteiger partial charge in [-0.1, -0.05) is 0 Å². The van der Waals surface area contributed by atoms with Crippen LogP contribution in [-0.2, 0) is 0 Å². The van der Waals surface area contributed by atoms with E-state index < -0.39 is 0 Å². The van der Waals surface area contributed by atoms with Crippen molar-refractivity contribution in [3.05, 3.63) is 77.4 Å². The largest absolute Gasteiger partial charge is 0.439 e. The summed E-state index contributed by atoms with van der Waals surface area (Å²) in [5, 5.41) is 15.1. The fraction of sp³-hybridized carbons (Fsp3) is 0.259. The lowest BCUT2D eigenvalue weighted by atomic mass is 9.93. The first-order valence-electron chi connectivity index (χ1n) is 12.1. The minimum atomic E-state index is -0.161. The number of piperidine rings is 1. The van der Waals surface area contributed by atoms with Crippen molar-refractivity contribution in [3.8, 4) is 23.3 Å². The van der Waals surface area contributed by atoms with Crippen LogP contribution >= 0.6 is 0 Å². The van der Waals surface area contributed by atoms with Crippen LogP contribution < -0.4 is 26.7 Å². The molecular formula is C27H31N7O3. The molecule has 4 rings (SSSR count). The van der Waals surface area contributed by atoms with Crippen molar-refractivity contribution >= 4 is 17.6 Å². The number of amides is 1. The van der Waals surface area contributed by atoms with Crippen LogP contribution in [0.3, 0.4) is 0 Å². The third-order valence-corrected chi connectivity index (χ3v) is 6.31. The van der Waals surface area contributed by atoms with Crippen molar-refractivity contribution < 1.29 is 14.3 Å². The van der Waals surface area contributed by atoms with Crippen LogP contribution in [0.25, 0.3) is 0 Å². The number of nitrogens with one attached hydrogen (secondary N) is 2. The molecule has 37 heavy (non-hydrogen) atoms. The highest BCUT2D eigenvalue weighted by atomic mass is 16.5. The van der Waals surface area contributed by atoms with Crippen LogP contribution in [0.2, 0.25) is 0 Å². The lowest BCUT2D eigenvalue weighted by Crippen LogP contribution is -2.39. The number of hydrogen-bond donors (Lipinski definition) is 5. The molecule has 192 valence electrons. The molecule has 1 fully saturated rings. The zero-order valence-electron chi connectivity index (χ0n) is 20.4. The number of hydrogen-bond acceptors (Lipinski definition) is 7. The first-order valence-corrected chi connectivity index (χ1v) is 12.1. The highest BCUT2D eigenvalue weighted by Crippen LogP contribution is 2.31. The molecule has 10 nitrogen and oxygen atoms in total. The Labute approximate surface area is 215 Å². The highest BCUT2D eigenvalue weighted by molar-refractivity contribution is 5.97. The van der Waals surface area contributed by atoms with Gasteiger partial charge in [0.05, 0.1) is 0 Å². The molecule has 1 aromatic heterocycles. The number of amidine groups is 2. The molecule has 0 radical (unpaired) electrons. The molecule has 0 unspecified atom stereocenters. The van der Waals surface area contributed by atoms with E-state index in [1.807, 2.05) is 4.90 Å². The molecule has 0 saturated carbocycles. The smallest absolute Gasteiger partial charge is 0.259 e. The van der Waals surface area contributed by atoms with E-state index >= 15 is 0 Å². The molecule has 2 heterocycles. The number of nitrogens with zero attached hydrogens (tertiary/aromatic N) is 2. The highest BCUT2D eigenvalue weighted by Gasteiger charge is 2.26. The summed E-state index contributed by atoms with van der Waals surface area (Å²) in [5.41, 5.74) is 18.2. The molecule has 8 N–H and O–H groups in total. The van der Waals surface area contributed by atoms with Gasteiger partial charge in [0.15, 0.2) is 0 Å². The third kappa shape index (κ3) is 6.42. The number of ether oxygens (including phenoxy) is 2. The molecule has 2 aromatic carbocycles. The normalized spacial score (nSPS) is 13.7. The Morgan fingerprint density at radius 2 is 1.41 bits per heavy atom. The molecule has 0 spiro atoms. The van der Waals surface area contributed by atoms with Crippen molar-refractivity contribution in [2.75, 3.05) is 19.6 Å². The summed E-state index contributed by atoms with van der Waals surface area (Å²) in [6, 6.07) is 16.7. The van der Waals surface area contributed by atoms with Crippen LogP contribution in [-0.4, -0.2) is 47.1 Å². The van der Waals surface area contributed by atoms with E-state index in [9.17, 15) is 4.79 Å². The fourth-order valence-corrected chi connectivity index (χ4v) is 4.19. The Morgan fingerprint density at radius 3 is 1.92 bits per heavy atom. The standard InChI is InChI=1S/C27H31N7O3/c28-14-11-17-12-15-34(16-13-17)27(35)22-9-10-23(36-20-5-1-18(2-6-20)24(29)30)33-26(22)37-21-7-3-19(4-8-21)25(31)32/h1-10,17H,11-16,28H2,(H3,29,30)(H3,31,32). The number of nitrogens with two attached hydrogens (primary N) is 3. The molecule has 1 saturated heterocycles. The number of benzene rings is 2. The summed E-state index contributed by atoms with van der Waals surface area (Å²) in [5.74, 6) is 1.58. The molecule has 3 aromatic rings. The molecule has 0 atom stereocenters. The molecule has 0 bridgehead atoms. The van der Waals surface area contributed by atoms with Crippen LogP contribution in [0.5, 0.6) is 23.3 Å². The topological polar surface area (TPSA) is 177 Å². The van der Waals surface area contributed by atoms with E-state index in [4.69, 9.17) is 37.5 Å². The van der Waals surface area contributed by atoms with Gasteiger partial charge in [0, 0.05) is 30.3 Å². The summed E-state index contributed by atoms with van der Waals surface area (Å²) in [7, 11) is 0. The fourth-order valence-electron chi connectivity index (χ4n) is 4.19. The summed E-state index contributed by atoms with van der Waals surface area (Å²) < 4.78 is 11.9. The van der Waals surface area contributed by atoms with E-state index in [0.29, 0.717) is 53.7 Å². The van der Waals surface area contributed by atoms with Gasteiger partial charge in [-0.15, -0.1) is 0 Å². The average molecular weight is 502 g/mol. The molecule has 1 aliphatic rings. The number of carbonyl (C=O) groups is 1. The lowest BCUT2D eigenvalue weighted by Gasteiger charge is -2.32. The van der Waals surface area contributed by atoms with Gasteiger partial charge in [0.1, 0.15) is 28.7 Å². The molecule has 1 aliphatic heterocycles. The first-order chi connectivity index (χ1) is 17.8. The maximum Gasteiger partial charge on any atom is 0.259 e. The van der Waals surface area contributed by atoms with Crippen molar-refractivity contribution in [2.24, 2.45) is 23.1 Å². The van der Waals surface area contributed by atoms with Crippen molar-refractivity contribution in [2.45, 2.75) is 19.3 Å². The van der Waals surface area contributed by atoms with Crippen LogP contribution in [0.1, 0.15) is 40.7 Å². The van der Waals surface area contributed by atoms with Gasteiger partial charge in [-0.2, -0.15) is 4.98 Å². The first kappa shape index (κ1) is 25.6. The van der Waals surface area contributed by atoms with E-state index in [1.165, 1.54) is 0 Å². The van der Waals surface area contributed by atoms with E-state index in [1.54, 1.807) is 60.7 Å². The third-order valence-electron chi connectivity index (χ3n) is 6.31. The second kappa shape index (κ2) is 11.5. The Hall–Kier alpha value is -4.44. The summed E-state index contributed by atoms with van der Waals surface area (Å²) in [6.07, 6.45) is 2.79. The average Bonchev–Trinajstić information content (AvgIpc) is 2.90. The van der Waals surface area contributed by atoms with Gasteiger partial charge >= 0.3 is 0 Å². The van der Waals surface area contributed by atoms with Gasteiger partial charge in [-0.25, -0.2) is 0 Å². The SMILES string of the molecule is N=C(N)c1ccc(Oc2ccc(C(=O)N3CCC(CCN)CC3)c(Oc3ccc(C(=N)N)cc3)n2)cc1. The zero-order valence-corrected chi connectivity index (χ0v) is 20.4. The van der Waals surface area contributed by atoms with Gasteiger partial charge in [-0.05, 0) is 86.3 Å². The minimum Gasteiger partial charge on any atom is -0.439 e. The number of rotatable bonds is 9. The molecule has 10 heteroatoms. The Morgan fingerprint density at radius 1 is 0.865 bits per heavy atom. The number of nitrogen functional groups attached to an aromatic ring is 2. The molecule has 0 aliphatic carbocycles. The van der Waals surface area contributed by atoms with Crippen LogP contribution in [0.15, 0.2) is 60.7 Å². The number of aromatic nitrogens is 1. The van der Waals surface area contributed by atoms with Gasteiger partial charge in [-0.3, -0.25) is 15.6 Å². The summed E-state index contributed by atoms with van der Waals surface area (Å²) in [6.45, 7) is 1.95. The lowest BCUT2D eigenvalue weighted by molar-refractivity contribution is 0.0684. The minimum absolute atomic E-state index is 0.0360. The van der Waals surface area contributed by atoms with Crippen molar-refractivity contribution in [3.63, 3.8) is 0 Å². The zero-order chi connectivity index (χ0) is 26.4. The maximum absolute atomic E-state index is 13.5. The second-order valence-corrected chi connectivity index (χ2v) is 8.90. The van der Waals surface area contributed by atoms with Crippen LogP contribution in [0, 0.1) is 16.7 Å². The van der Waals surface area contributed by atoms with E-state index in [2.05, 4.69) is 4.98 Å². The summed E-state index contributed by atoms with van der Waals surface area (Å²) >= 11 is 0. The van der Waals surface area contributed by atoms with Gasteiger partial charge in [0.2, 0.25) is 11.8 Å². The molecule has 1 amide bonds. The predicted molar refractivity (Wildman–Crippen MR) is 142 cm³/mol. The Bertz CT molecular complexity index is 1270. The second-order valence-electron chi connectivity index (χ2n) is 8.90.